The molecule has 2 heterocycles. The second-order valence-electron chi connectivity index (χ2n) is 7.39. The van der Waals surface area contributed by atoms with Gasteiger partial charge in [0.25, 0.3) is 0 Å². The molecule has 0 atom stereocenters. The van der Waals surface area contributed by atoms with Crippen molar-refractivity contribution in [3.8, 4) is 22.6 Å². The van der Waals surface area contributed by atoms with Crippen molar-refractivity contribution in [3.05, 3.63) is 95.7 Å². The Morgan fingerprint density at radius 2 is 1.78 bits per heavy atom. The molecule has 2 aromatic carbocycles. The van der Waals surface area contributed by atoms with E-state index in [9.17, 15) is 0 Å². The maximum atomic E-state index is 6.14. The van der Waals surface area contributed by atoms with E-state index in [4.69, 9.17) is 28.2 Å². The van der Waals surface area contributed by atoms with Gasteiger partial charge in [-0.15, -0.1) is 11.6 Å². The minimum absolute atomic E-state index is 0.648. The number of benzene rings is 2. The van der Waals surface area contributed by atoms with Crippen LogP contribution in [0.1, 0.15) is 24.2 Å². The highest BCUT2D eigenvalue weighted by Gasteiger charge is 2.20. The number of alkyl halides is 1. The van der Waals surface area contributed by atoms with E-state index >= 15 is 0 Å². The van der Waals surface area contributed by atoms with Crippen LogP contribution in [0.4, 0.5) is 0 Å². The van der Waals surface area contributed by atoms with Crippen molar-refractivity contribution in [1.29, 1.82) is 0 Å². The second-order valence-corrected chi connectivity index (χ2v) is 8.20. The summed E-state index contributed by atoms with van der Waals surface area (Å²) in [6.07, 6.45) is 10.3. The molecule has 0 bridgehead atoms. The van der Waals surface area contributed by atoms with Crippen molar-refractivity contribution in [2.75, 3.05) is 5.88 Å². The van der Waals surface area contributed by atoms with Crippen LogP contribution in [0.5, 0.6) is 0 Å². The lowest BCUT2D eigenvalue weighted by Gasteiger charge is -2.12. The summed E-state index contributed by atoms with van der Waals surface area (Å²) in [5.74, 6) is 1.55. The molecule has 4 nitrogen and oxygen atoms in total. The largest absolute Gasteiger partial charge is 0.322 e. The van der Waals surface area contributed by atoms with Gasteiger partial charge in [-0.05, 0) is 49.1 Å². The topological polar surface area (TPSA) is 43.6 Å². The molecule has 4 aromatic rings. The lowest BCUT2D eigenvalue weighted by atomic mass is 10.1. The first-order valence-electron chi connectivity index (χ1n) is 10.7. The van der Waals surface area contributed by atoms with Crippen molar-refractivity contribution in [2.45, 2.75) is 25.8 Å². The number of rotatable bonds is 9. The summed E-state index contributed by atoms with van der Waals surface area (Å²) in [6, 6.07) is 20.2. The van der Waals surface area contributed by atoms with Crippen LogP contribution in [0.15, 0.2) is 79.3 Å². The molecule has 6 heteroatoms. The van der Waals surface area contributed by atoms with E-state index < -0.39 is 0 Å². The maximum absolute atomic E-state index is 6.14. The Hall–Kier alpha value is -2.95. The highest BCUT2D eigenvalue weighted by atomic mass is 35.5. The van der Waals surface area contributed by atoms with Crippen LogP contribution in [0, 0.1) is 0 Å². The van der Waals surface area contributed by atoms with Gasteiger partial charge in [-0.1, -0.05) is 60.1 Å². The fourth-order valence-electron chi connectivity index (χ4n) is 3.59. The third kappa shape index (κ3) is 5.45. The minimum Gasteiger partial charge on any atom is -0.322 e. The molecule has 0 N–H and O–H groups in total. The van der Waals surface area contributed by atoms with Crippen LogP contribution < -0.4 is 0 Å². The van der Waals surface area contributed by atoms with Crippen molar-refractivity contribution in [1.82, 2.24) is 19.5 Å². The van der Waals surface area contributed by atoms with Crippen molar-refractivity contribution >= 4 is 29.3 Å². The molecule has 2 aromatic heterocycles. The zero-order valence-electron chi connectivity index (χ0n) is 17.7. The van der Waals surface area contributed by atoms with Gasteiger partial charge in [0.05, 0.1) is 17.1 Å². The van der Waals surface area contributed by atoms with Gasteiger partial charge in [0.1, 0.15) is 12.2 Å². The number of nitrogens with zero attached hydrogens (tertiary/aromatic N) is 4. The van der Waals surface area contributed by atoms with Crippen molar-refractivity contribution in [3.63, 3.8) is 0 Å². The number of hydrogen-bond acceptors (Lipinski definition) is 3. The van der Waals surface area contributed by atoms with E-state index in [1.54, 1.807) is 12.5 Å². The van der Waals surface area contributed by atoms with Gasteiger partial charge in [0.2, 0.25) is 0 Å². The fraction of sp³-hybridized carbons (Fsp3) is 0.192. The van der Waals surface area contributed by atoms with Gasteiger partial charge in [-0.2, -0.15) is 0 Å². The lowest BCUT2D eigenvalue weighted by molar-refractivity contribution is 0.693. The smallest absolute Gasteiger partial charge is 0.133 e. The summed E-state index contributed by atoms with van der Waals surface area (Å²) in [6.45, 7) is 0.777. The van der Waals surface area contributed by atoms with Gasteiger partial charge in [0, 0.05) is 29.2 Å². The fourth-order valence-corrected chi connectivity index (χ4v) is 3.87. The van der Waals surface area contributed by atoms with Crippen LogP contribution in [0.3, 0.4) is 0 Å². The highest BCUT2D eigenvalue weighted by Crippen LogP contribution is 2.33. The quantitative estimate of drug-likeness (QED) is 0.200. The number of aryl methyl sites for hydroxylation is 1. The molecule has 0 unspecified atom stereocenters. The standard InChI is InChI=1S/C26H24Cl2N4/c27-16-6-2-5-9-24-31-25(21-10-12-22(28)13-11-21)26(23-14-17-29-19-30-23)32(24)18-15-20-7-3-1-4-8-20/h1,3-5,7-14,17,19H,2,6,15-16,18H2/b9-5+. The molecular formula is C26H24Cl2N4. The number of imidazole rings is 1. The number of halogens is 2. The van der Waals surface area contributed by atoms with Gasteiger partial charge in [-0.25, -0.2) is 15.0 Å². The van der Waals surface area contributed by atoms with Gasteiger partial charge in [-0.3, -0.25) is 0 Å². The molecule has 0 saturated carbocycles. The molecule has 0 saturated heterocycles. The summed E-state index contributed by atoms with van der Waals surface area (Å²) in [5.41, 5.74) is 4.97. The number of hydrogen-bond donors (Lipinski definition) is 0. The Morgan fingerprint density at radius 3 is 2.50 bits per heavy atom. The zero-order chi connectivity index (χ0) is 22.2. The van der Waals surface area contributed by atoms with Crippen LogP contribution in [-0.4, -0.2) is 25.4 Å². The summed E-state index contributed by atoms with van der Waals surface area (Å²) in [4.78, 5) is 13.7. The Balaban J connectivity index is 1.82. The molecule has 0 fully saturated rings. The third-order valence-corrected chi connectivity index (χ3v) is 5.70. The average Bonchev–Trinajstić information content (AvgIpc) is 3.20. The first kappa shape index (κ1) is 22.3. The number of aromatic nitrogens is 4. The van der Waals surface area contributed by atoms with Crippen LogP contribution in [-0.2, 0) is 13.0 Å². The molecular weight excluding hydrogens is 439 g/mol. The summed E-state index contributed by atoms with van der Waals surface area (Å²) < 4.78 is 2.25. The molecule has 0 amide bonds. The Morgan fingerprint density at radius 1 is 0.969 bits per heavy atom. The SMILES string of the molecule is ClCCC/C=C/c1nc(-c2ccc(Cl)cc2)c(-c2ccncn2)n1CCc1ccccc1. The van der Waals surface area contributed by atoms with Gasteiger partial charge < -0.3 is 4.57 Å². The first-order chi connectivity index (χ1) is 15.8. The number of unbranched alkanes of at least 4 members (excludes halogenated alkanes) is 1. The molecule has 32 heavy (non-hydrogen) atoms. The highest BCUT2D eigenvalue weighted by molar-refractivity contribution is 6.30. The van der Waals surface area contributed by atoms with Gasteiger partial charge >= 0.3 is 0 Å². The van der Waals surface area contributed by atoms with E-state index in [1.165, 1.54) is 5.56 Å². The van der Waals surface area contributed by atoms with Gasteiger partial charge in [0.15, 0.2) is 0 Å². The minimum atomic E-state index is 0.648. The molecule has 4 rings (SSSR count). The zero-order valence-corrected chi connectivity index (χ0v) is 19.2. The predicted octanol–water partition coefficient (Wildman–Crippen LogP) is 6.94. The predicted molar refractivity (Wildman–Crippen MR) is 133 cm³/mol. The second kappa shape index (κ2) is 11.1. The Labute approximate surface area is 198 Å². The average molecular weight is 463 g/mol. The van der Waals surface area contributed by atoms with Crippen molar-refractivity contribution < 1.29 is 0 Å². The lowest BCUT2D eigenvalue weighted by Crippen LogP contribution is -2.06. The van der Waals surface area contributed by atoms with Crippen molar-refractivity contribution in [2.24, 2.45) is 0 Å². The van der Waals surface area contributed by atoms with E-state index in [0.29, 0.717) is 10.9 Å². The van der Waals surface area contributed by atoms with E-state index in [1.807, 2.05) is 36.4 Å². The van der Waals surface area contributed by atoms with Crippen LogP contribution >= 0.6 is 23.2 Å². The van der Waals surface area contributed by atoms with Crippen LogP contribution in [0.2, 0.25) is 5.02 Å². The summed E-state index contributed by atoms with van der Waals surface area (Å²) in [5, 5.41) is 0.696. The monoisotopic (exact) mass is 462 g/mol. The Bertz CT molecular complexity index is 1150. The van der Waals surface area contributed by atoms with Crippen LogP contribution in [0.25, 0.3) is 28.7 Å². The molecule has 0 aliphatic heterocycles. The Kier molecular flexibility index (Phi) is 7.70. The molecule has 0 radical (unpaired) electrons. The molecule has 0 aliphatic rings. The molecule has 162 valence electrons. The van der Waals surface area contributed by atoms with E-state index in [0.717, 1.165) is 54.3 Å². The molecule has 0 aliphatic carbocycles. The third-order valence-electron chi connectivity index (χ3n) is 5.18. The van der Waals surface area contributed by atoms with E-state index in [2.05, 4.69) is 51.0 Å². The maximum Gasteiger partial charge on any atom is 0.133 e. The first-order valence-corrected chi connectivity index (χ1v) is 11.6. The summed E-state index contributed by atoms with van der Waals surface area (Å²) in [7, 11) is 0. The number of allylic oxidation sites excluding steroid dienone is 1. The normalized spacial score (nSPS) is 11.3. The van der Waals surface area contributed by atoms with E-state index in [-0.39, 0.29) is 0 Å². The molecule has 0 spiro atoms. The summed E-state index contributed by atoms with van der Waals surface area (Å²) >= 11 is 12.0.